The zero-order valence-electron chi connectivity index (χ0n) is 14.1. The molecule has 1 aliphatic rings. The lowest BCUT2D eigenvalue weighted by atomic mass is 10.1. The molecule has 0 saturated heterocycles. The molecule has 5 rings (SSSR count). The van der Waals surface area contributed by atoms with E-state index in [4.69, 9.17) is 5.73 Å². The van der Waals surface area contributed by atoms with Crippen LogP contribution in [0.5, 0.6) is 0 Å². The first-order valence-electron chi connectivity index (χ1n) is 8.57. The molecule has 3 heterocycles. The van der Waals surface area contributed by atoms with E-state index in [0.717, 1.165) is 31.4 Å². The Morgan fingerprint density at radius 2 is 1.81 bits per heavy atom. The van der Waals surface area contributed by atoms with Gasteiger partial charge in [-0.2, -0.15) is 4.52 Å². The third-order valence-corrected chi connectivity index (χ3v) is 4.86. The van der Waals surface area contributed by atoms with Gasteiger partial charge in [0.25, 0.3) is 0 Å². The van der Waals surface area contributed by atoms with E-state index in [9.17, 15) is 4.39 Å². The molecule has 0 amide bonds. The molecule has 2 N–H and O–H groups in total. The molecule has 0 atom stereocenters. The van der Waals surface area contributed by atoms with Crippen molar-refractivity contribution in [3.63, 3.8) is 0 Å². The molecule has 0 radical (unpaired) electrons. The minimum atomic E-state index is -0.345. The summed E-state index contributed by atoms with van der Waals surface area (Å²) in [6.45, 7) is 2.77. The molecule has 7 heteroatoms. The number of hydrogen-bond acceptors (Lipinski definition) is 5. The van der Waals surface area contributed by atoms with Gasteiger partial charge in [-0.05, 0) is 23.3 Å². The number of rotatable bonds is 3. The Morgan fingerprint density at radius 3 is 2.58 bits per heavy atom. The molecule has 0 unspecified atom stereocenters. The first kappa shape index (κ1) is 15.2. The number of benzene rings is 2. The fourth-order valence-electron chi connectivity index (χ4n) is 3.57. The first-order chi connectivity index (χ1) is 12.7. The van der Waals surface area contributed by atoms with Crippen LogP contribution in [0.4, 0.5) is 10.3 Å². The number of fused-ring (bicyclic) bond motifs is 4. The van der Waals surface area contributed by atoms with E-state index in [1.165, 1.54) is 27.8 Å². The Kier molecular flexibility index (Phi) is 3.36. The van der Waals surface area contributed by atoms with Gasteiger partial charge in [0.15, 0.2) is 11.5 Å². The molecule has 0 bridgehead atoms. The fourth-order valence-corrected chi connectivity index (χ4v) is 3.57. The Labute approximate surface area is 149 Å². The minimum absolute atomic E-state index is 0.213. The van der Waals surface area contributed by atoms with Gasteiger partial charge in [-0.15, -0.1) is 5.10 Å². The molecule has 26 heavy (non-hydrogen) atoms. The highest BCUT2D eigenvalue weighted by Gasteiger charge is 2.19. The number of nitrogens with zero attached hydrogens (tertiary/aromatic N) is 5. The highest BCUT2D eigenvalue weighted by molar-refractivity contribution is 5.92. The van der Waals surface area contributed by atoms with Crippen LogP contribution in [-0.2, 0) is 19.5 Å². The maximum Gasteiger partial charge on any atom is 0.223 e. The van der Waals surface area contributed by atoms with E-state index in [1.807, 2.05) is 0 Å². The number of nitrogen functional groups attached to an aromatic ring is 1. The van der Waals surface area contributed by atoms with Gasteiger partial charge in [0, 0.05) is 37.5 Å². The van der Waals surface area contributed by atoms with Gasteiger partial charge in [0.1, 0.15) is 5.82 Å². The molecule has 130 valence electrons. The van der Waals surface area contributed by atoms with Gasteiger partial charge in [0.2, 0.25) is 5.95 Å². The minimum Gasteiger partial charge on any atom is -0.368 e. The van der Waals surface area contributed by atoms with Gasteiger partial charge >= 0.3 is 0 Å². The third-order valence-electron chi connectivity index (χ3n) is 4.86. The van der Waals surface area contributed by atoms with Crippen molar-refractivity contribution >= 4 is 22.5 Å². The summed E-state index contributed by atoms with van der Waals surface area (Å²) < 4.78 is 15.0. The van der Waals surface area contributed by atoms with Crippen molar-refractivity contribution in [2.24, 2.45) is 0 Å². The highest BCUT2D eigenvalue weighted by atomic mass is 19.1. The Morgan fingerprint density at radius 1 is 1.04 bits per heavy atom. The number of anilines is 1. The van der Waals surface area contributed by atoms with Gasteiger partial charge in [-0.3, -0.25) is 4.90 Å². The number of hydrogen-bond donors (Lipinski definition) is 1. The average molecular weight is 348 g/mol. The van der Waals surface area contributed by atoms with Gasteiger partial charge in [-0.1, -0.05) is 24.3 Å². The van der Waals surface area contributed by atoms with Crippen molar-refractivity contribution in [2.45, 2.75) is 19.5 Å². The lowest BCUT2D eigenvalue weighted by molar-refractivity contribution is 0.286. The van der Waals surface area contributed by atoms with Gasteiger partial charge in [-0.25, -0.2) is 14.4 Å². The SMILES string of the molecule is Nc1nc2cc(F)ccc2c2nc(CCN3Cc4ccccc4C3)nn12. The molecular formula is C19H17FN6. The van der Waals surface area contributed by atoms with Crippen LogP contribution in [0.15, 0.2) is 42.5 Å². The van der Waals surface area contributed by atoms with Crippen molar-refractivity contribution in [3.05, 3.63) is 65.2 Å². The predicted molar refractivity (Wildman–Crippen MR) is 96.9 cm³/mol. The van der Waals surface area contributed by atoms with Crippen molar-refractivity contribution in [1.29, 1.82) is 0 Å². The predicted octanol–water partition coefficient (Wildman–Crippen LogP) is 2.56. The highest BCUT2D eigenvalue weighted by Crippen LogP contribution is 2.23. The lowest BCUT2D eigenvalue weighted by Crippen LogP contribution is -2.19. The van der Waals surface area contributed by atoms with Crippen molar-refractivity contribution in [1.82, 2.24) is 24.5 Å². The molecule has 2 aromatic heterocycles. The zero-order valence-corrected chi connectivity index (χ0v) is 14.1. The zero-order chi connectivity index (χ0) is 17.7. The summed E-state index contributed by atoms with van der Waals surface area (Å²) in [7, 11) is 0. The largest absolute Gasteiger partial charge is 0.368 e. The van der Waals surface area contributed by atoms with Crippen molar-refractivity contribution in [2.75, 3.05) is 12.3 Å². The molecule has 0 saturated carbocycles. The Balaban J connectivity index is 1.42. The van der Waals surface area contributed by atoms with Crippen molar-refractivity contribution < 1.29 is 4.39 Å². The van der Waals surface area contributed by atoms with Crippen LogP contribution in [0.1, 0.15) is 17.0 Å². The summed E-state index contributed by atoms with van der Waals surface area (Å²) in [5.74, 6) is 0.582. The average Bonchev–Trinajstić information content (AvgIpc) is 3.24. The maximum absolute atomic E-state index is 13.5. The molecule has 0 aliphatic carbocycles. The quantitative estimate of drug-likeness (QED) is 0.616. The van der Waals surface area contributed by atoms with Crippen LogP contribution in [0.3, 0.4) is 0 Å². The summed E-state index contributed by atoms with van der Waals surface area (Å²) in [5.41, 5.74) is 9.86. The molecule has 1 aliphatic heterocycles. The summed E-state index contributed by atoms with van der Waals surface area (Å²) in [6.07, 6.45) is 0.720. The molecular weight excluding hydrogens is 331 g/mol. The van der Waals surface area contributed by atoms with E-state index in [2.05, 4.69) is 44.2 Å². The van der Waals surface area contributed by atoms with Crippen molar-refractivity contribution in [3.8, 4) is 0 Å². The van der Waals surface area contributed by atoms with E-state index in [0.29, 0.717) is 17.0 Å². The second-order valence-electron chi connectivity index (χ2n) is 6.62. The van der Waals surface area contributed by atoms with Gasteiger partial charge < -0.3 is 5.73 Å². The van der Waals surface area contributed by atoms with Crippen LogP contribution in [0.2, 0.25) is 0 Å². The standard InChI is InChI=1S/C19H17FN6/c20-14-5-6-15-16(9-14)22-19(21)26-18(15)23-17(24-26)7-8-25-10-12-3-1-2-4-13(12)11-25/h1-6,9H,7-8,10-11H2,(H2,21,22). The Bertz CT molecular complexity index is 1110. The second-order valence-corrected chi connectivity index (χ2v) is 6.62. The monoisotopic (exact) mass is 348 g/mol. The fraction of sp³-hybridized carbons (Fsp3) is 0.211. The topological polar surface area (TPSA) is 72.3 Å². The van der Waals surface area contributed by atoms with Crippen LogP contribution in [0, 0.1) is 5.82 Å². The smallest absolute Gasteiger partial charge is 0.223 e. The number of nitrogens with two attached hydrogens (primary N) is 1. The van der Waals surface area contributed by atoms with Gasteiger partial charge in [0.05, 0.1) is 5.52 Å². The molecule has 0 fully saturated rings. The molecule has 0 spiro atoms. The third kappa shape index (κ3) is 2.48. The van der Waals surface area contributed by atoms with Crippen LogP contribution < -0.4 is 5.73 Å². The Hall–Kier alpha value is -3.06. The normalized spacial score (nSPS) is 14.3. The van der Waals surface area contributed by atoms with E-state index in [-0.39, 0.29) is 11.8 Å². The van der Waals surface area contributed by atoms with E-state index < -0.39 is 0 Å². The maximum atomic E-state index is 13.5. The summed E-state index contributed by atoms with van der Waals surface area (Å²) in [5, 5.41) is 5.24. The number of halogens is 1. The van der Waals surface area contributed by atoms with Crippen LogP contribution in [-0.4, -0.2) is 31.0 Å². The number of aromatic nitrogens is 4. The molecule has 6 nitrogen and oxygen atoms in total. The summed E-state index contributed by atoms with van der Waals surface area (Å²) in [6, 6.07) is 12.9. The second kappa shape index (κ2) is 5.74. The van der Waals surface area contributed by atoms with Crippen LogP contribution in [0.25, 0.3) is 16.6 Å². The lowest BCUT2D eigenvalue weighted by Gasteiger charge is -2.12. The summed E-state index contributed by atoms with van der Waals surface area (Å²) in [4.78, 5) is 11.2. The first-order valence-corrected chi connectivity index (χ1v) is 8.57. The summed E-state index contributed by atoms with van der Waals surface area (Å²) >= 11 is 0. The molecule has 2 aromatic carbocycles. The van der Waals surface area contributed by atoms with E-state index in [1.54, 1.807) is 6.07 Å². The molecule has 4 aromatic rings. The van der Waals surface area contributed by atoms with E-state index >= 15 is 0 Å². The van der Waals surface area contributed by atoms with Crippen LogP contribution >= 0.6 is 0 Å².